The SMILES string of the molecule is N#Cc1cccc(C2CC2CBr)c1. The Labute approximate surface area is 86.5 Å². The van der Waals surface area contributed by atoms with E-state index >= 15 is 0 Å². The highest BCUT2D eigenvalue weighted by Crippen LogP contribution is 2.48. The van der Waals surface area contributed by atoms with E-state index < -0.39 is 0 Å². The second-order valence-electron chi connectivity index (χ2n) is 3.49. The van der Waals surface area contributed by atoms with Crippen molar-refractivity contribution in [2.24, 2.45) is 5.92 Å². The maximum absolute atomic E-state index is 8.73. The van der Waals surface area contributed by atoms with E-state index in [2.05, 4.69) is 28.1 Å². The van der Waals surface area contributed by atoms with Crippen LogP contribution in [0.3, 0.4) is 0 Å². The molecule has 1 aromatic carbocycles. The second-order valence-corrected chi connectivity index (χ2v) is 4.14. The number of nitrogens with zero attached hydrogens (tertiary/aromatic N) is 1. The van der Waals surface area contributed by atoms with Gasteiger partial charge in [0.25, 0.3) is 0 Å². The predicted molar refractivity (Wildman–Crippen MR) is 55.8 cm³/mol. The normalized spacial score (nSPS) is 25.2. The molecular formula is C11H10BrN. The Morgan fingerprint density at radius 3 is 3.00 bits per heavy atom. The van der Waals surface area contributed by atoms with Gasteiger partial charge in [0.05, 0.1) is 11.6 Å². The topological polar surface area (TPSA) is 23.8 Å². The first-order valence-electron chi connectivity index (χ1n) is 4.41. The van der Waals surface area contributed by atoms with E-state index in [9.17, 15) is 0 Å². The maximum atomic E-state index is 8.73. The van der Waals surface area contributed by atoms with Crippen LogP contribution in [0.2, 0.25) is 0 Å². The number of alkyl halides is 1. The summed E-state index contributed by atoms with van der Waals surface area (Å²) in [5.41, 5.74) is 2.10. The summed E-state index contributed by atoms with van der Waals surface area (Å²) in [6.45, 7) is 0. The third-order valence-electron chi connectivity index (χ3n) is 2.56. The fraction of sp³-hybridized carbons (Fsp3) is 0.364. The summed E-state index contributed by atoms with van der Waals surface area (Å²) in [7, 11) is 0. The van der Waals surface area contributed by atoms with Crippen LogP contribution in [-0.2, 0) is 0 Å². The fourth-order valence-electron chi connectivity index (χ4n) is 1.67. The van der Waals surface area contributed by atoms with E-state index in [1.807, 2.05) is 18.2 Å². The highest BCUT2D eigenvalue weighted by Gasteiger charge is 2.36. The lowest BCUT2D eigenvalue weighted by Gasteiger charge is -1.98. The van der Waals surface area contributed by atoms with Crippen LogP contribution in [0.15, 0.2) is 24.3 Å². The van der Waals surface area contributed by atoms with Crippen LogP contribution in [0.1, 0.15) is 23.5 Å². The Morgan fingerprint density at radius 2 is 2.38 bits per heavy atom. The molecule has 1 aliphatic carbocycles. The first-order valence-corrected chi connectivity index (χ1v) is 5.53. The summed E-state index contributed by atoms with van der Waals surface area (Å²) in [4.78, 5) is 0. The average molecular weight is 236 g/mol. The monoisotopic (exact) mass is 235 g/mol. The molecular weight excluding hydrogens is 226 g/mol. The smallest absolute Gasteiger partial charge is 0.0991 e. The fourth-order valence-corrected chi connectivity index (χ4v) is 2.38. The molecule has 2 heteroatoms. The minimum Gasteiger partial charge on any atom is -0.192 e. The maximum Gasteiger partial charge on any atom is 0.0991 e. The van der Waals surface area contributed by atoms with Gasteiger partial charge in [0, 0.05) is 5.33 Å². The van der Waals surface area contributed by atoms with Gasteiger partial charge in [0.2, 0.25) is 0 Å². The molecule has 0 heterocycles. The molecule has 1 aliphatic rings. The van der Waals surface area contributed by atoms with Gasteiger partial charge in [-0.15, -0.1) is 0 Å². The Hall–Kier alpha value is -0.810. The van der Waals surface area contributed by atoms with Gasteiger partial charge in [-0.2, -0.15) is 5.26 Å². The summed E-state index contributed by atoms with van der Waals surface area (Å²) < 4.78 is 0. The van der Waals surface area contributed by atoms with Crippen molar-refractivity contribution in [3.63, 3.8) is 0 Å². The lowest BCUT2D eigenvalue weighted by molar-refractivity contribution is 0.936. The van der Waals surface area contributed by atoms with Gasteiger partial charge >= 0.3 is 0 Å². The molecule has 1 aromatic rings. The van der Waals surface area contributed by atoms with Crippen molar-refractivity contribution in [1.29, 1.82) is 5.26 Å². The quantitative estimate of drug-likeness (QED) is 0.724. The summed E-state index contributed by atoms with van der Waals surface area (Å²) in [5, 5.41) is 9.81. The third-order valence-corrected chi connectivity index (χ3v) is 3.40. The zero-order chi connectivity index (χ0) is 9.26. The Bertz CT molecular complexity index is 353. The van der Waals surface area contributed by atoms with Gasteiger partial charge in [-0.3, -0.25) is 0 Å². The molecule has 1 nitrogen and oxygen atoms in total. The molecule has 0 N–H and O–H groups in total. The highest BCUT2D eigenvalue weighted by molar-refractivity contribution is 9.09. The number of rotatable bonds is 2. The van der Waals surface area contributed by atoms with Gasteiger partial charge in [0.1, 0.15) is 0 Å². The lowest BCUT2D eigenvalue weighted by atomic mass is 10.1. The lowest BCUT2D eigenvalue weighted by Crippen LogP contribution is -1.85. The Kier molecular flexibility index (Phi) is 2.37. The van der Waals surface area contributed by atoms with Crippen LogP contribution < -0.4 is 0 Å². The average Bonchev–Trinajstić information content (AvgIpc) is 2.97. The molecule has 2 unspecified atom stereocenters. The number of nitriles is 1. The molecule has 2 atom stereocenters. The van der Waals surface area contributed by atoms with Crippen molar-refractivity contribution < 1.29 is 0 Å². The van der Waals surface area contributed by atoms with E-state index in [1.54, 1.807) is 0 Å². The molecule has 0 aliphatic heterocycles. The minimum atomic E-state index is 0.688. The van der Waals surface area contributed by atoms with E-state index in [4.69, 9.17) is 5.26 Å². The molecule has 0 spiro atoms. The molecule has 66 valence electrons. The second kappa shape index (κ2) is 3.51. The molecule has 0 saturated heterocycles. The van der Waals surface area contributed by atoms with E-state index in [-0.39, 0.29) is 0 Å². The van der Waals surface area contributed by atoms with Crippen LogP contribution in [0.4, 0.5) is 0 Å². The van der Waals surface area contributed by atoms with E-state index in [1.165, 1.54) is 12.0 Å². The van der Waals surface area contributed by atoms with Crippen molar-refractivity contribution in [3.05, 3.63) is 35.4 Å². The zero-order valence-corrected chi connectivity index (χ0v) is 8.79. The summed E-state index contributed by atoms with van der Waals surface area (Å²) in [6, 6.07) is 10.1. The van der Waals surface area contributed by atoms with Gasteiger partial charge < -0.3 is 0 Å². The minimum absolute atomic E-state index is 0.688. The molecule has 0 amide bonds. The van der Waals surface area contributed by atoms with Crippen LogP contribution >= 0.6 is 15.9 Å². The van der Waals surface area contributed by atoms with Crippen molar-refractivity contribution in [2.75, 3.05) is 5.33 Å². The molecule has 13 heavy (non-hydrogen) atoms. The number of halogens is 1. The zero-order valence-electron chi connectivity index (χ0n) is 7.20. The van der Waals surface area contributed by atoms with Gasteiger partial charge in [-0.25, -0.2) is 0 Å². The first-order chi connectivity index (χ1) is 6.35. The standard InChI is InChI=1S/C11H10BrN/c12-6-10-5-11(10)9-3-1-2-8(4-9)7-13/h1-4,10-11H,5-6H2. The summed E-state index contributed by atoms with van der Waals surface area (Å²) in [6.07, 6.45) is 1.26. The number of benzene rings is 1. The summed E-state index contributed by atoms with van der Waals surface area (Å²) >= 11 is 3.48. The van der Waals surface area contributed by atoms with Crippen LogP contribution in [-0.4, -0.2) is 5.33 Å². The molecule has 1 fully saturated rings. The summed E-state index contributed by atoms with van der Waals surface area (Å²) in [5.74, 6) is 1.47. The predicted octanol–water partition coefficient (Wildman–Crippen LogP) is 3.06. The Morgan fingerprint density at radius 1 is 1.54 bits per heavy atom. The van der Waals surface area contributed by atoms with Crippen molar-refractivity contribution >= 4 is 15.9 Å². The Balaban J connectivity index is 2.19. The molecule has 0 bridgehead atoms. The van der Waals surface area contributed by atoms with Crippen molar-refractivity contribution in [2.45, 2.75) is 12.3 Å². The molecule has 1 saturated carbocycles. The molecule has 2 rings (SSSR count). The highest BCUT2D eigenvalue weighted by atomic mass is 79.9. The van der Waals surface area contributed by atoms with Crippen molar-refractivity contribution in [3.8, 4) is 6.07 Å². The molecule has 0 aromatic heterocycles. The van der Waals surface area contributed by atoms with Gasteiger partial charge in [-0.1, -0.05) is 28.1 Å². The van der Waals surface area contributed by atoms with Crippen LogP contribution in [0.25, 0.3) is 0 Å². The molecule has 0 radical (unpaired) electrons. The van der Waals surface area contributed by atoms with Gasteiger partial charge in [0.15, 0.2) is 0 Å². The van der Waals surface area contributed by atoms with Crippen LogP contribution in [0.5, 0.6) is 0 Å². The van der Waals surface area contributed by atoms with Crippen molar-refractivity contribution in [1.82, 2.24) is 0 Å². The third kappa shape index (κ3) is 1.76. The van der Waals surface area contributed by atoms with E-state index in [0.717, 1.165) is 16.8 Å². The number of hydrogen-bond donors (Lipinski definition) is 0. The van der Waals surface area contributed by atoms with Crippen LogP contribution in [0, 0.1) is 17.2 Å². The van der Waals surface area contributed by atoms with E-state index in [0.29, 0.717) is 5.92 Å². The van der Waals surface area contributed by atoms with Gasteiger partial charge in [-0.05, 0) is 36.0 Å². The number of hydrogen-bond acceptors (Lipinski definition) is 1. The largest absolute Gasteiger partial charge is 0.192 e. The first kappa shape index (κ1) is 8.77.